The van der Waals surface area contributed by atoms with Crippen LogP contribution in [0, 0.1) is 12.7 Å². The Balaban J connectivity index is 0.00000300. The largest absolute Gasteiger partial charge is 0.465 e. The van der Waals surface area contributed by atoms with Gasteiger partial charge in [0.2, 0.25) is 0 Å². The number of piperazine rings is 1. The molecule has 0 amide bonds. The molecule has 1 fully saturated rings. The molecule has 158 valence electrons. The van der Waals surface area contributed by atoms with E-state index in [1.807, 2.05) is 11.0 Å². The van der Waals surface area contributed by atoms with Gasteiger partial charge in [-0.2, -0.15) is 0 Å². The molecule has 0 saturated carbocycles. The van der Waals surface area contributed by atoms with Gasteiger partial charge in [0.25, 0.3) is 0 Å². The molecule has 1 aliphatic heterocycles. The molecule has 0 aliphatic carbocycles. The average molecular weight is 516 g/mol. The van der Waals surface area contributed by atoms with Crippen molar-refractivity contribution in [1.29, 1.82) is 0 Å². The summed E-state index contributed by atoms with van der Waals surface area (Å²) < 4.78 is 24.4. The fourth-order valence-electron chi connectivity index (χ4n) is 3.31. The molecule has 2 aromatic rings. The molecule has 1 N–H and O–H groups in total. The molecule has 0 bridgehead atoms. The Labute approximate surface area is 186 Å². The minimum absolute atomic E-state index is 0. The zero-order chi connectivity index (χ0) is 20.1. The molecule has 0 radical (unpaired) electrons. The van der Waals surface area contributed by atoms with Crippen molar-refractivity contribution in [2.75, 3.05) is 45.2 Å². The summed E-state index contributed by atoms with van der Waals surface area (Å²) in [4.78, 5) is 20.2. The Morgan fingerprint density at radius 1 is 1.28 bits per heavy atom. The predicted octanol–water partition coefficient (Wildman–Crippen LogP) is 3.03. The lowest BCUT2D eigenvalue weighted by Crippen LogP contribution is -2.52. The van der Waals surface area contributed by atoms with E-state index in [1.54, 1.807) is 32.2 Å². The van der Waals surface area contributed by atoms with E-state index in [9.17, 15) is 9.18 Å². The Kier molecular flexibility index (Phi) is 8.30. The van der Waals surface area contributed by atoms with Crippen LogP contribution in [0.5, 0.6) is 0 Å². The summed E-state index contributed by atoms with van der Waals surface area (Å²) >= 11 is 0. The third-order valence-corrected chi connectivity index (χ3v) is 4.78. The second kappa shape index (κ2) is 10.5. The number of methoxy groups -OCH3 is 1. The van der Waals surface area contributed by atoms with Crippen LogP contribution in [0.4, 0.5) is 10.1 Å². The number of hydrogen-bond acceptors (Lipinski definition) is 5. The molecular weight excluding hydrogens is 490 g/mol. The number of rotatable bonds is 4. The number of carbonyl (C=O) groups excluding carboxylic acids is 1. The summed E-state index contributed by atoms with van der Waals surface area (Å²) in [6.07, 6.45) is 0. The van der Waals surface area contributed by atoms with E-state index in [1.165, 1.54) is 13.2 Å². The van der Waals surface area contributed by atoms with Crippen LogP contribution < -0.4 is 10.2 Å². The van der Waals surface area contributed by atoms with Crippen LogP contribution in [0.2, 0.25) is 0 Å². The number of nitrogens with zero attached hydrogens (tertiary/aromatic N) is 3. The van der Waals surface area contributed by atoms with Gasteiger partial charge in [0.1, 0.15) is 22.9 Å². The first-order valence-electron chi connectivity index (χ1n) is 9.16. The molecule has 1 aliphatic rings. The third-order valence-electron chi connectivity index (χ3n) is 4.78. The summed E-state index contributed by atoms with van der Waals surface area (Å²) in [5.74, 6) is 1.28. The zero-order valence-electron chi connectivity index (χ0n) is 16.8. The Morgan fingerprint density at radius 3 is 2.59 bits per heavy atom. The Bertz CT molecular complexity index is 863. The lowest BCUT2D eigenvalue weighted by molar-refractivity contribution is 0.0599. The van der Waals surface area contributed by atoms with Crippen molar-refractivity contribution in [1.82, 2.24) is 10.2 Å². The van der Waals surface area contributed by atoms with Gasteiger partial charge in [-0.05, 0) is 25.1 Å². The van der Waals surface area contributed by atoms with E-state index in [-0.39, 0.29) is 29.8 Å². The first-order chi connectivity index (χ1) is 13.5. The van der Waals surface area contributed by atoms with Crippen LogP contribution in [-0.4, -0.2) is 57.2 Å². The van der Waals surface area contributed by atoms with Crippen LogP contribution >= 0.6 is 24.0 Å². The number of anilines is 1. The number of hydrogen-bond donors (Lipinski definition) is 1. The SMILES string of the molecule is CN=C(NCc1cc(C(=O)OC)c(C)o1)N1CCN(c2ccccc2F)CC1.I. The summed E-state index contributed by atoms with van der Waals surface area (Å²) in [5, 5.41) is 3.26. The van der Waals surface area contributed by atoms with E-state index in [0.29, 0.717) is 42.4 Å². The Morgan fingerprint density at radius 2 is 1.97 bits per heavy atom. The van der Waals surface area contributed by atoms with Crippen molar-refractivity contribution in [3.05, 3.63) is 53.2 Å². The number of guanidine groups is 1. The molecule has 0 spiro atoms. The van der Waals surface area contributed by atoms with Crippen molar-refractivity contribution < 1.29 is 18.3 Å². The highest BCUT2D eigenvalue weighted by Gasteiger charge is 2.22. The van der Waals surface area contributed by atoms with E-state index in [2.05, 4.69) is 15.2 Å². The number of halogens is 2. The maximum Gasteiger partial charge on any atom is 0.341 e. The van der Waals surface area contributed by atoms with E-state index in [0.717, 1.165) is 19.0 Å². The fourth-order valence-corrected chi connectivity index (χ4v) is 3.31. The second-order valence-corrected chi connectivity index (χ2v) is 6.50. The average Bonchev–Trinajstić information content (AvgIpc) is 3.09. The standard InChI is InChI=1S/C20H25FN4O3.HI/c1-14-16(19(26)27-3)12-15(28-14)13-23-20(22-2)25-10-8-24(9-11-25)18-7-5-4-6-17(18)21;/h4-7,12H,8-11,13H2,1-3H3,(H,22,23);1H. The number of benzene rings is 1. The summed E-state index contributed by atoms with van der Waals surface area (Å²) in [5.41, 5.74) is 1.05. The number of carbonyl (C=O) groups is 1. The van der Waals surface area contributed by atoms with E-state index >= 15 is 0 Å². The van der Waals surface area contributed by atoms with Crippen LogP contribution in [0.1, 0.15) is 21.9 Å². The van der Waals surface area contributed by atoms with Crippen molar-refractivity contribution >= 4 is 41.6 Å². The second-order valence-electron chi connectivity index (χ2n) is 6.50. The first kappa shape index (κ1) is 23.0. The quantitative estimate of drug-likeness (QED) is 0.292. The van der Waals surface area contributed by atoms with Gasteiger partial charge in [0.05, 0.1) is 19.3 Å². The maximum atomic E-state index is 14.0. The van der Waals surface area contributed by atoms with Crippen molar-refractivity contribution in [3.63, 3.8) is 0 Å². The lowest BCUT2D eigenvalue weighted by atomic mass is 10.2. The highest BCUT2D eigenvalue weighted by atomic mass is 127. The molecule has 1 aromatic heterocycles. The molecule has 0 unspecified atom stereocenters. The smallest absolute Gasteiger partial charge is 0.341 e. The van der Waals surface area contributed by atoms with Gasteiger partial charge in [0, 0.05) is 33.2 Å². The number of aliphatic imine (C=N–C) groups is 1. The summed E-state index contributed by atoms with van der Waals surface area (Å²) in [6.45, 7) is 4.98. The monoisotopic (exact) mass is 516 g/mol. The van der Waals surface area contributed by atoms with Crippen LogP contribution in [0.3, 0.4) is 0 Å². The molecule has 0 atom stereocenters. The molecule has 7 nitrogen and oxygen atoms in total. The molecule has 2 heterocycles. The molecular formula is C20H26FIN4O3. The van der Waals surface area contributed by atoms with Gasteiger partial charge in [-0.3, -0.25) is 4.99 Å². The number of ether oxygens (including phenoxy) is 1. The molecule has 29 heavy (non-hydrogen) atoms. The van der Waals surface area contributed by atoms with Gasteiger partial charge in [0.15, 0.2) is 5.96 Å². The number of para-hydroxylation sites is 1. The number of aryl methyl sites for hydroxylation is 1. The van der Waals surface area contributed by atoms with Crippen LogP contribution in [0.15, 0.2) is 39.7 Å². The van der Waals surface area contributed by atoms with Crippen LogP contribution in [0.25, 0.3) is 0 Å². The number of furan rings is 1. The van der Waals surface area contributed by atoms with E-state index in [4.69, 9.17) is 9.15 Å². The van der Waals surface area contributed by atoms with Gasteiger partial charge >= 0.3 is 5.97 Å². The maximum absolute atomic E-state index is 14.0. The normalized spacial score (nSPS) is 14.4. The van der Waals surface area contributed by atoms with Crippen molar-refractivity contribution in [2.45, 2.75) is 13.5 Å². The first-order valence-corrected chi connectivity index (χ1v) is 9.16. The third kappa shape index (κ3) is 5.40. The highest BCUT2D eigenvalue weighted by Crippen LogP contribution is 2.20. The van der Waals surface area contributed by atoms with Crippen molar-refractivity contribution in [2.24, 2.45) is 4.99 Å². The Hall–Kier alpha value is -2.30. The van der Waals surface area contributed by atoms with Crippen molar-refractivity contribution in [3.8, 4) is 0 Å². The zero-order valence-corrected chi connectivity index (χ0v) is 19.1. The molecule has 3 rings (SSSR count). The molecule has 9 heteroatoms. The minimum atomic E-state index is -0.416. The topological polar surface area (TPSA) is 70.3 Å². The lowest BCUT2D eigenvalue weighted by Gasteiger charge is -2.37. The predicted molar refractivity (Wildman–Crippen MR) is 121 cm³/mol. The molecule has 1 aromatic carbocycles. The van der Waals surface area contributed by atoms with E-state index < -0.39 is 5.97 Å². The minimum Gasteiger partial charge on any atom is -0.465 e. The number of nitrogens with one attached hydrogen (secondary N) is 1. The van der Waals surface area contributed by atoms with Gasteiger partial charge in [-0.25, -0.2) is 9.18 Å². The van der Waals surface area contributed by atoms with Gasteiger partial charge in [-0.15, -0.1) is 24.0 Å². The molecule has 1 saturated heterocycles. The van der Waals surface area contributed by atoms with Gasteiger partial charge < -0.3 is 24.3 Å². The highest BCUT2D eigenvalue weighted by molar-refractivity contribution is 14.0. The van der Waals surface area contributed by atoms with Gasteiger partial charge in [-0.1, -0.05) is 12.1 Å². The number of esters is 1. The summed E-state index contributed by atoms with van der Waals surface area (Å²) in [7, 11) is 3.06. The summed E-state index contributed by atoms with van der Waals surface area (Å²) in [6, 6.07) is 8.51. The van der Waals surface area contributed by atoms with Crippen LogP contribution in [-0.2, 0) is 11.3 Å². The fraction of sp³-hybridized carbons (Fsp3) is 0.400.